The predicted molar refractivity (Wildman–Crippen MR) is 117 cm³/mol. The van der Waals surface area contributed by atoms with E-state index < -0.39 is 0 Å². The third-order valence-electron chi connectivity index (χ3n) is 4.38. The number of nitrogens with zero attached hydrogens (tertiary/aromatic N) is 5. The summed E-state index contributed by atoms with van der Waals surface area (Å²) in [6.45, 7) is 7.37. The molecule has 0 saturated heterocycles. The lowest BCUT2D eigenvalue weighted by Gasteiger charge is -2.14. The summed E-state index contributed by atoms with van der Waals surface area (Å²) >= 11 is 0. The fourth-order valence-electron chi connectivity index (χ4n) is 2.75. The number of allylic oxidation sites excluding steroid dienone is 1. The van der Waals surface area contributed by atoms with Crippen LogP contribution in [0.5, 0.6) is 6.01 Å². The van der Waals surface area contributed by atoms with Crippen LogP contribution in [0.2, 0.25) is 0 Å². The number of carbonyl (C=O) groups excluding carboxylic acids is 1. The third-order valence-corrected chi connectivity index (χ3v) is 4.38. The Hall–Kier alpha value is -4.32. The molecule has 1 aromatic carbocycles. The molecule has 2 aromatic heterocycles. The molecule has 0 amide bonds. The third kappa shape index (κ3) is 5.19. The van der Waals surface area contributed by atoms with Crippen LogP contribution >= 0.6 is 0 Å². The van der Waals surface area contributed by atoms with Gasteiger partial charge in [0.1, 0.15) is 17.5 Å². The molecule has 0 fully saturated rings. The number of hydrogen-bond acceptors (Lipinski definition) is 9. The van der Waals surface area contributed by atoms with Crippen molar-refractivity contribution in [2.45, 2.75) is 20.3 Å². The second-order valence-corrected chi connectivity index (χ2v) is 6.71. The van der Waals surface area contributed by atoms with Gasteiger partial charge >= 0.3 is 6.01 Å². The Morgan fingerprint density at radius 1 is 1.19 bits per heavy atom. The first-order valence-electron chi connectivity index (χ1n) is 9.37. The molecule has 3 aromatic rings. The highest BCUT2D eigenvalue weighted by Gasteiger charge is 2.13. The number of ketones is 1. The van der Waals surface area contributed by atoms with Crippen LogP contribution in [0.15, 0.2) is 43.2 Å². The summed E-state index contributed by atoms with van der Waals surface area (Å²) in [7, 11) is 1.44. The highest BCUT2D eigenvalue weighted by molar-refractivity contribution is 5.92. The molecule has 2 heterocycles. The maximum Gasteiger partial charge on any atom is 0.318 e. The molecule has 9 nitrogen and oxygen atoms in total. The molecule has 0 unspecified atom stereocenters. The molecular formula is C22H21N7O2. The van der Waals surface area contributed by atoms with Crippen LogP contribution in [0.3, 0.4) is 0 Å². The van der Waals surface area contributed by atoms with E-state index in [1.807, 2.05) is 38.1 Å². The van der Waals surface area contributed by atoms with Crippen LogP contribution in [0.25, 0.3) is 0 Å². The zero-order valence-corrected chi connectivity index (χ0v) is 17.4. The van der Waals surface area contributed by atoms with Gasteiger partial charge in [0.05, 0.1) is 13.3 Å². The van der Waals surface area contributed by atoms with E-state index >= 15 is 0 Å². The van der Waals surface area contributed by atoms with Gasteiger partial charge in [-0.05, 0) is 31.6 Å². The van der Waals surface area contributed by atoms with Crippen molar-refractivity contribution in [3.8, 4) is 12.1 Å². The first-order chi connectivity index (χ1) is 14.9. The molecule has 0 aliphatic heterocycles. The van der Waals surface area contributed by atoms with Crippen molar-refractivity contribution < 1.29 is 9.53 Å². The van der Waals surface area contributed by atoms with Gasteiger partial charge in [0, 0.05) is 23.9 Å². The Balaban J connectivity index is 1.92. The first kappa shape index (κ1) is 21.4. The van der Waals surface area contributed by atoms with Gasteiger partial charge in [0.15, 0.2) is 11.6 Å². The van der Waals surface area contributed by atoms with Crippen molar-refractivity contribution in [1.82, 2.24) is 19.9 Å². The first-order valence-corrected chi connectivity index (χ1v) is 9.37. The van der Waals surface area contributed by atoms with Gasteiger partial charge in [-0.15, -0.1) is 0 Å². The number of aromatic nitrogens is 4. The predicted octanol–water partition coefficient (Wildman–Crippen LogP) is 3.55. The summed E-state index contributed by atoms with van der Waals surface area (Å²) in [6.07, 6.45) is 4.55. The van der Waals surface area contributed by atoms with E-state index in [9.17, 15) is 10.1 Å². The number of ether oxygens (including phenoxy) is 1. The number of methoxy groups -OCH3 is 1. The molecular weight excluding hydrogens is 394 g/mol. The Labute approximate surface area is 179 Å². The highest BCUT2D eigenvalue weighted by atomic mass is 16.5. The van der Waals surface area contributed by atoms with Crippen molar-refractivity contribution >= 4 is 29.1 Å². The van der Waals surface area contributed by atoms with Crippen molar-refractivity contribution in [2.24, 2.45) is 0 Å². The Kier molecular flexibility index (Phi) is 6.52. The molecule has 3 rings (SSSR count). The number of hydrogen-bond donors (Lipinski definition) is 2. The van der Waals surface area contributed by atoms with E-state index in [2.05, 4.69) is 37.1 Å². The fraction of sp³-hybridized carbons (Fsp3) is 0.182. The molecule has 0 spiro atoms. The average Bonchev–Trinajstić information content (AvgIpc) is 2.77. The van der Waals surface area contributed by atoms with E-state index in [0.717, 1.165) is 22.4 Å². The quantitative estimate of drug-likeness (QED) is 0.531. The lowest BCUT2D eigenvalue weighted by Crippen LogP contribution is -2.08. The Morgan fingerprint density at radius 3 is 2.71 bits per heavy atom. The van der Waals surface area contributed by atoms with Gasteiger partial charge in [-0.25, -0.2) is 9.97 Å². The zero-order chi connectivity index (χ0) is 22.4. The summed E-state index contributed by atoms with van der Waals surface area (Å²) < 4.78 is 5.02. The summed E-state index contributed by atoms with van der Waals surface area (Å²) in [5.41, 5.74) is 3.66. The number of nitriles is 1. The maximum absolute atomic E-state index is 11.9. The van der Waals surface area contributed by atoms with Crippen LogP contribution in [-0.2, 0) is 11.2 Å². The molecule has 0 atom stereocenters. The minimum atomic E-state index is -0.0721. The van der Waals surface area contributed by atoms with E-state index in [1.165, 1.54) is 19.4 Å². The van der Waals surface area contributed by atoms with E-state index in [-0.39, 0.29) is 35.5 Å². The van der Waals surface area contributed by atoms with Crippen LogP contribution in [0, 0.1) is 25.2 Å². The minimum absolute atomic E-state index is 0.0721. The van der Waals surface area contributed by atoms with Gasteiger partial charge in [-0.3, -0.25) is 4.79 Å². The monoisotopic (exact) mass is 415 g/mol. The van der Waals surface area contributed by atoms with Gasteiger partial charge in [0.2, 0.25) is 5.95 Å². The lowest BCUT2D eigenvalue weighted by atomic mass is 10.0. The van der Waals surface area contributed by atoms with Gasteiger partial charge in [-0.1, -0.05) is 24.3 Å². The topological polar surface area (TPSA) is 126 Å². The molecule has 0 aliphatic rings. The number of benzene rings is 1. The number of nitrogens with one attached hydrogen (secondary N) is 2. The van der Waals surface area contributed by atoms with E-state index in [4.69, 9.17) is 4.74 Å². The number of rotatable bonds is 8. The smallest absolute Gasteiger partial charge is 0.318 e. The molecule has 156 valence electrons. The number of anilines is 4. The molecule has 0 aliphatic carbocycles. The molecule has 0 radical (unpaired) electrons. The maximum atomic E-state index is 11.9. The summed E-state index contributed by atoms with van der Waals surface area (Å²) in [4.78, 5) is 28.7. The van der Waals surface area contributed by atoms with Crippen molar-refractivity contribution in [2.75, 3.05) is 17.7 Å². The summed E-state index contributed by atoms with van der Waals surface area (Å²) in [5.74, 6) is 0.947. The number of carbonyl (C=O) groups is 1. The molecule has 2 N–H and O–H groups in total. The van der Waals surface area contributed by atoms with Crippen LogP contribution < -0.4 is 15.4 Å². The van der Waals surface area contributed by atoms with E-state index in [0.29, 0.717) is 5.82 Å². The van der Waals surface area contributed by atoms with Crippen molar-refractivity contribution in [3.63, 3.8) is 0 Å². The van der Waals surface area contributed by atoms with Gasteiger partial charge < -0.3 is 15.4 Å². The average molecular weight is 415 g/mol. The molecule has 0 bridgehead atoms. The van der Waals surface area contributed by atoms with Crippen LogP contribution in [-0.4, -0.2) is 32.8 Å². The van der Waals surface area contributed by atoms with Crippen molar-refractivity contribution in [3.05, 3.63) is 65.5 Å². The van der Waals surface area contributed by atoms with Gasteiger partial charge in [0.25, 0.3) is 0 Å². The van der Waals surface area contributed by atoms with Gasteiger partial charge in [-0.2, -0.15) is 15.2 Å². The summed E-state index contributed by atoms with van der Waals surface area (Å²) in [6, 6.07) is 7.93. The fourth-order valence-corrected chi connectivity index (χ4v) is 2.75. The van der Waals surface area contributed by atoms with E-state index in [1.54, 1.807) is 6.20 Å². The molecule has 9 heteroatoms. The Bertz CT molecular complexity index is 1180. The standard InChI is InChI=1S/C22H21N7O2/c1-5-17(30)9-15-8-13(2)6-7-18(15)26-19-14(3)11-24-21(27-19)28-20-16(10-23)12-25-22(29-20)31-4/h5-8,11-12H,1,9H2,2-4H3,(H2,24,25,26,27,28,29). The van der Waals surface area contributed by atoms with Crippen LogP contribution in [0.4, 0.5) is 23.3 Å². The Morgan fingerprint density at radius 2 is 2.00 bits per heavy atom. The SMILES string of the molecule is C=CC(=O)Cc1cc(C)ccc1Nc1nc(Nc2nc(OC)ncc2C#N)ncc1C. The molecule has 31 heavy (non-hydrogen) atoms. The minimum Gasteiger partial charge on any atom is -0.467 e. The highest BCUT2D eigenvalue weighted by Crippen LogP contribution is 2.25. The normalized spacial score (nSPS) is 10.1. The second-order valence-electron chi connectivity index (χ2n) is 6.71. The summed E-state index contributed by atoms with van der Waals surface area (Å²) in [5, 5.41) is 15.5. The second kappa shape index (κ2) is 9.45. The lowest BCUT2D eigenvalue weighted by molar-refractivity contribution is -0.114. The zero-order valence-electron chi connectivity index (χ0n) is 17.4. The van der Waals surface area contributed by atoms with Crippen molar-refractivity contribution in [1.29, 1.82) is 5.26 Å². The number of aryl methyl sites for hydroxylation is 2. The van der Waals surface area contributed by atoms with Crippen LogP contribution in [0.1, 0.15) is 22.3 Å². The molecule has 0 saturated carbocycles. The largest absolute Gasteiger partial charge is 0.467 e.